The van der Waals surface area contributed by atoms with E-state index in [0.29, 0.717) is 12.0 Å². The first-order valence-corrected chi connectivity index (χ1v) is 5.35. The Hall–Kier alpha value is -2.34. The van der Waals surface area contributed by atoms with Gasteiger partial charge in [0, 0.05) is 36.2 Å². The smallest absolute Gasteiger partial charge is 0.150 e. The Morgan fingerprint density at radius 2 is 2.22 bits per heavy atom. The van der Waals surface area contributed by atoms with Gasteiger partial charge in [-0.2, -0.15) is 0 Å². The topological polar surface area (TPSA) is 102 Å². The molecule has 0 unspecified atom stereocenters. The number of aliphatic hydroxyl groups is 1. The van der Waals surface area contributed by atoms with Crippen LogP contribution < -0.4 is 0 Å². The Labute approximate surface area is 103 Å². The van der Waals surface area contributed by atoms with Gasteiger partial charge in [0.15, 0.2) is 6.23 Å². The number of aliphatic imine (C=N–C) groups is 1. The number of aromatic hydroxyl groups is 2. The van der Waals surface area contributed by atoms with Crippen molar-refractivity contribution in [1.82, 2.24) is 9.97 Å². The summed E-state index contributed by atoms with van der Waals surface area (Å²) in [5.41, 5.74) is 1.20. The number of nitrogens with one attached hydrogen (secondary N) is 1. The summed E-state index contributed by atoms with van der Waals surface area (Å²) < 4.78 is 0. The third-order valence-electron chi connectivity index (χ3n) is 2.36. The van der Waals surface area contributed by atoms with E-state index in [1.54, 1.807) is 6.20 Å². The summed E-state index contributed by atoms with van der Waals surface area (Å²) in [5, 5.41) is 28.3. The lowest BCUT2D eigenvalue weighted by molar-refractivity contribution is 0.185. The van der Waals surface area contributed by atoms with Crippen molar-refractivity contribution in [2.24, 2.45) is 4.99 Å². The van der Waals surface area contributed by atoms with Crippen LogP contribution in [0.3, 0.4) is 0 Å². The molecule has 0 aliphatic rings. The van der Waals surface area contributed by atoms with Crippen molar-refractivity contribution in [3.05, 3.63) is 42.0 Å². The number of benzene rings is 1. The molecule has 0 aliphatic carbocycles. The highest BCUT2D eigenvalue weighted by Gasteiger charge is 2.04. The molecule has 18 heavy (non-hydrogen) atoms. The second-order valence-corrected chi connectivity index (χ2v) is 3.78. The molecule has 2 aromatic rings. The van der Waals surface area contributed by atoms with Gasteiger partial charge in [0.1, 0.15) is 11.5 Å². The molecule has 94 valence electrons. The fourth-order valence-corrected chi connectivity index (χ4v) is 1.45. The van der Waals surface area contributed by atoms with Crippen molar-refractivity contribution < 1.29 is 15.3 Å². The Morgan fingerprint density at radius 1 is 1.39 bits per heavy atom. The molecule has 2 rings (SSSR count). The molecule has 1 heterocycles. The van der Waals surface area contributed by atoms with E-state index >= 15 is 0 Å². The number of imidazole rings is 1. The molecule has 4 N–H and O–H groups in total. The number of aliphatic hydroxyl groups excluding tert-OH is 1. The number of H-pyrrole nitrogens is 1. The summed E-state index contributed by atoms with van der Waals surface area (Å²) in [5.74, 6) is -0.116. The highest BCUT2D eigenvalue weighted by atomic mass is 16.3. The van der Waals surface area contributed by atoms with Gasteiger partial charge in [0.2, 0.25) is 0 Å². The summed E-state index contributed by atoms with van der Waals surface area (Å²) in [6, 6.07) is 4.15. The fraction of sp³-hybridized carbons (Fsp3) is 0.167. The van der Waals surface area contributed by atoms with E-state index in [2.05, 4.69) is 15.0 Å². The molecule has 0 bridgehead atoms. The average molecular weight is 247 g/mol. The van der Waals surface area contributed by atoms with Crippen molar-refractivity contribution in [1.29, 1.82) is 0 Å². The quantitative estimate of drug-likeness (QED) is 0.600. The van der Waals surface area contributed by atoms with Crippen molar-refractivity contribution >= 4 is 6.21 Å². The SMILES string of the molecule is Oc1ccc(/C=N/[C@H](O)Cc2cnc[nH]2)c(O)c1. The van der Waals surface area contributed by atoms with Gasteiger partial charge in [-0.15, -0.1) is 0 Å². The molecular formula is C12H13N3O3. The largest absolute Gasteiger partial charge is 0.508 e. The highest BCUT2D eigenvalue weighted by molar-refractivity contribution is 5.83. The van der Waals surface area contributed by atoms with Crippen LogP contribution in [0.15, 0.2) is 35.7 Å². The van der Waals surface area contributed by atoms with E-state index in [1.807, 2.05) is 0 Å². The van der Waals surface area contributed by atoms with Gasteiger partial charge in [-0.05, 0) is 12.1 Å². The Balaban J connectivity index is 2.01. The predicted molar refractivity (Wildman–Crippen MR) is 65.7 cm³/mol. The van der Waals surface area contributed by atoms with Crippen LogP contribution in [-0.4, -0.2) is 37.7 Å². The van der Waals surface area contributed by atoms with E-state index < -0.39 is 6.23 Å². The number of phenols is 2. The molecule has 1 aromatic heterocycles. The minimum atomic E-state index is -0.918. The highest BCUT2D eigenvalue weighted by Crippen LogP contribution is 2.20. The van der Waals surface area contributed by atoms with Gasteiger partial charge in [-0.25, -0.2) is 4.98 Å². The van der Waals surface area contributed by atoms with Crippen LogP contribution in [0.2, 0.25) is 0 Å². The monoisotopic (exact) mass is 247 g/mol. The molecule has 0 saturated heterocycles. The molecule has 6 nitrogen and oxygen atoms in total. The third kappa shape index (κ3) is 3.08. The molecule has 0 aliphatic heterocycles. The first kappa shape index (κ1) is 12.1. The maximum absolute atomic E-state index is 9.65. The molecular weight excluding hydrogens is 234 g/mol. The second kappa shape index (κ2) is 5.33. The van der Waals surface area contributed by atoms with Crippen LogP contribution in [0.5, 0.6) is 11.5 Å². The first-order chi connectivity index (χ1) is 8.65. The maximum atomic E-state index is 9.65. The van der Waals surface area contributed by atoms with E-state index in [-0.39, 0.29) is 11.5 Å². The zero-order valence-corrected chi connectivity index (χ0v) is 9.48. The lowest BCUT2D eigenvalue weighted by atomic mass is 10.2. The van der Waals surface area contributed by atoms with Crippen molar-refractivity contribution in [3.63, 3.8) is 0 Å². The molecule has 0 spiro atoms. The van der Waals surface area contributed by atoms with Crippen molar-refractivity contribution in [2.45, 2.75) is 12.6 Å². The minimum Gasteiger partial charge on any atom is -0.508 e. The Kier molecular flexibility index (Phi) is 3.59. The normalized spacial score (nSPS) is 12.9. The summed E-state index contributed by atoms with van der Waals surface area (Å²) in [7, 11) is 0. The maximum Gasteiger partial charge on any atom is 0.150 e. The molecule has 0 fully saturated rings. The van der Waals surface area contributed by atoms with Gasteiger partial charge in [-0.1, -0.05) is 0 Å². The lowest BCUT2D eigenvalue weighted by Gasteiger charge is -2.03. The van der Waals surface area contributed by atoms with Gasteiger partial charge >= 0.3 is 0 Å². The number of phenolic OH excluding ortho intramolecular Hbond substituents is 2. The molecule has 1 aromatic carbocycles. The zero-order valence-electron chi connectivity index (χ0n) is 9.48. The van der Waals surface area contributed by atoms with Gasteiger partial charge < -0.3 is 20.3 Å². The number of aromatic amines is 1. The molecule has 0 amide bonds. The second-order valence-electron chi connectivity index (χ2n) is 3.78. The van der Waals surface area contributed by atoms with Crippen molar-refractivity contribution in [3.8, 4) is 11.5 Å². The summed E-state index contributed by atoms with van der Waals surface area (Å²) in [6.07, 6.45) is 3.89. The van der Waals surface area contributed by atoms with Crippen LogP contribution in [0.25, 0.3) is 0 Å². The molecule has 0 radical (unpaired) electrons. The summed E-state index contributed by atoms with van der Waals surface area (Å²) in [6.45, 7) is 0. The summed E-state index contributed by atoms with van der Waals surface area (Å²) >= 11 is 0. The lowest BCUT2D eigenvalue weighted by Crippen LogP contribution is -2.07. The minimum absolute atomic E-state index is 0.0253. The molecule has 0 saturated carbocycles. The number of hydrogen-bond donors (Lipinski definition) is 4. The number of aromatic nitrogens is 2. The Morgan fingerprint density at radius 3 is 2.89 bits per heavy atom. The molecule has 1 atom stereocenters. The fourth-order valence-electron chi connectivity index (χ4n) is 1.45. The van der Waals surface area contributed by atoms with Crippen LogP contribution in [-0.2, 0) is 6.42 Å². The van der Waals surface area contributed by atoms with E-state index in [1.165, 1.54) is 30.7 Å². The zero-order chi connectivity index (χ0) is 13.0. The number of rotatable bonds is 4. The summed E-state index contributed by atoms with van der Waals surface area (Å²) in [4.78, 5) is 10.6. The van der Waals surface area contributed by atoms with Crippen LogP contribution in [0.1, 0.15) is 11.3 Å². The van der Waals surface area contributed by atoms with Crippen molar-refractivity contribution in [2.75, 3.05) is 0 Å². The van der Waals surface area contributed by atoms with Gasteiger partial charge in [-0.3, -0.25) is 4.99 Å². The van der Waals surface area contributed by atoms with Gasteiger partial charge in [0.05, 0.1) is 6.33 Å². The van der Waals surface area contributed by atoms with Crippen LogP contribution in [0.4, 0.5) is 0 Å². The van der Waals surface area contributed by atoms with Crippen LogP contribution in [0, 0.1) is 0 Å². The van der Waals surface area contributed by atoms with E-state index in [0.717, 1.165) is 5.69 Å². The van der Waals surface area contributed by atoms with E-state index in [4.69, 9.17) is 5.11 Å². The number of nitrogens with zero attached hydrogens (tertiary/aromatic N) is 2. The number of hydrogen-bond acceptors (Lipinski definition) is 5. The van der Waals surface area contributed by atoms with Crippen LogP contribution >= 0.6 is 0 Å². The van der Waals surface area contributed by atoms with E-state index in [9.17, 15) is 10.2 Å². The van der Waals surface area contributed by atoms with Gasteiger partial charge in [0.25, 0.3) is 0 Å². The Bertz CT molecular complexity index is 538. The average Bonchev–Trinajstić information content (AvgIpc) is 2.80. The third-order valence-corrected chi connectivity index (χ3v) is 2.36. The standard InChI is InChI=1S/C12H13N3O3/c16-10-2-1-8(11(17)4-10)5-14-12(18)3-9-6-13-7-15-9/h1-2,4-7,12,16-18H,3H2,(H,13,15)/b14-5+/t12-/m1/s1. The molecule has 6 heteroatoms. The first-order valence-electron chi connectivity index (χ1n) is 5.35. The predicted octanol–water partition coefficient (Wildman–Crippen LogP) is 0.801.